The van der Waals surface area contributed by atoms with Gasteiger partial charge in [-0.25, -0.2) is 0 Å². The van der Waals surface area contributed by atoms with E-state index in [2.05, 4.69) is 12.2 Å². The Balaban J connectivity index is 1.88. The van der Waals surface area contributed by atoms with E-state index in [-0.39, 0.29) is 36.7 Å². The van der Waals surface area contributed by atoms with Crippen LogP contribution in [-0.4, -0.2) is 60.2 Å². The van der Waals surface area contributed by atoms with E-state index in [0.29, 0.717) is 25.1 Å². The summed E-state index contributed by atoms with van der Waals surface area (Å²) < 4.78 is 0. The van der Waals surface area contributed by atoms with Crippen molar-refractivity contribution in [1.82, 2.24) is 15.1 Å². The summed E-state index contributed by atoms with van der Waals surface area (Å²) in [6.45, 7) is 5.42. The van der Waals surface area contributed by atoms with Crippen LogP contribution in [0.1, 0.15) is 48.5 Å². The fourth-order valence-electron chi connectivity index (χ4n) is 3.12. The first-order chi connectivity index (χ1) is 12.4. The number of nitrogens with one attached hydrogen (secondary N) is 1. The second-order valence-electron chi connectivity index (χ2n) is 6.88. The highest BCUT2D eigenvalue weighted by Gasteiger charge is 2.34. The first kappa shape index (κ1) is 19.9. The molecule has 0 bridgehead atoms. The number of hydrogen-bond acceptors (Lipinski definition) is 3. The largest absolute Gasteiger partial charge is 0.352 e. The van der Waals surface area contributed by atoms with Gasteiger partial charge >= 0.3 is 0 Å². The highest BCUT2D eigenvalue weighted by Crippen LogP contribution is 2.17. The van der Waals surface area contributed by atoms with Crippen molar-refractivity contribution in [2.75, 3.05) is 26.7 Å². The van der Waals surface area contributed by atoms with Crippen molar-refractivity contribution in [3.8, 4) is 0 Å². The Hall–Kier alpha value is -2.37. The van der Waals surface area contributed by atoms with Crippen LogP contribution in [0.3, 0.4) is 0 Å². The minimum atomic E-state index is -0.367. The van der Waals surface area contributed by atoms with E-state index in [4.69, 9.17) is 0 Å². The zero-order valence-electron chi connectivity index (χ0n) is 16.0. The quantitative estimate of drug-likeness (QED) is 0.809. The first-order valence-corrected chi connectivity index (χ1v) is 9.33. The number of benzene rings is 1. The minimum Gasteiger partial charge on any atom is -0.352 e. The maximum Gasteiger partial charge on any atom is 0.251 e. The number of rotatable bonds is 7. The van der Waals surface area contributed by atoms with Crippen molar-refractivity contribution in [1.29, 1.82) is 0 Å². The molecule has 0 spiro atoms. The number of piperazine rings is 1. The molecule has 1 aromatic rings. The molecule has 1 atom stereocenters. The molecule has 1 fully saturated rings. The second-order valence-corrected chi connectivity index (χ2v) is 6.88. The molecule has 1 aromatic carbocycles. The highest BCUT2D eigenvalue weighted by molar-refractivity contribution is 5.94. The molecule has 0 unspecified atom stereocenters. The maximum atomic E-state index is 12.6. The van der Waals surface area contributed by atoms with E-state index in [1.165, 1.54) is 0 Å². The standard InChI is InChI=1S/C20H29N3O3/c1-4-5-6-17-20(26)22(3)13-14-23(17)18(24)11-12-21-19(25)16-9-7-15(2)8-10-16/h7-10,17H,4-6,11-14H2,1-3H3,(H,21,25)/t17-/m0/s1. The number of carbonyl (C=O) groups excluding carboxylic acids is 3. The van der Waals surface area contributed by atoms with Crippen molar-refractivity contribution in [3.05, 3.63) is 35.4 Å². The molecule has 0 saturated carbocycles. The summed E-state index contributed by atoms with van der Waals surface area (Å²) in [6, 6.07) is 6.94. The molecule has 142 valence electrons. The van der Waals surface area contributed by atoms with Gasteiger partial charge in [0.25, 0.3) is 5.91 Å². The van der Waals surface area contributed by atoms with Gasteiger partial charge < -0.3 is 15.1 Å². The van der Waals surface area contributed by atoms with Crippen LogP contribution < -0.4 is 5.32 Å². The van der Waals surface area contributed by atoms with Gasteiger partial charge in [0.15, 0.2) is 0 Å². The summed E-state index contributed by atoms with van der Waals surface area (Å²) in [4.78, 5) is 40.5. The molecule has 3 amide bonds. The fraction of sp³-hybridized carbons (Fsp3) is 0.550. The van der Waals surface area contributed by atoms with Crippen molar-refractivity contribution >= 4 is 17.7 Å². The SMILES string of the molecule is CCCC[C@H]1C(=O)N(C)CCN1C(=O)CCNC(=O)c1ccc(C)cc1. The molecule has 0 aromatic heterocycles. The van der Waals surface area contributed by atoms with E-state index in [1.807, 2.05) is 19.1 Å². The maximum absolute atomic E-state index is 12.6. The summed E-state index contributed by atoms with van der Waals surface area (Å²) in [6.07, 6.45) is 2.80. The Kier molecular flexibility index (Phi) is 7.18. The molecule has 1 aliphatic heterocycles. The summed E-state index contributed by atoms with van der Waals surface area (Å²) in [7, 11) is 1.78. The molecule has 1 heterocycles. The van der Waals surface area contributed by atoms with Crippen molar-refractivity contribution in [3.63, 3.8) is 0 Å². The summed E-state index contributed by atoms with van der Waals surface area (Å²) in [5.41, 5.74) is 1.67. The monoisotopic (exact) mass is 359 g/mol. The third kappa shape index (κ3) is 5.07. The van der Waals surface area contributed by atoms with Crippen LogP contribution in [0.15, 0.2) is 24.3 Å². The number of carbonyl (C=O) groups is 3. The zero-order chi connectivity index (χ0) is 19.1. The molecular weight excluding hydrogens is 330 g/mol. The lowest BCUT2D eigenvalue weighted by Crippen LogP contribution is -2.57. The average molecular weight is 359 g/mol. The Morgan fingerprint density at radius 1 is 1.19 bits per heavy atom. The third-order valence-corrected chi connectivity index (χ3v) is 4.80. The molecule has 26 heavy (non-hydrogen) atoms. The van der Waals surface area contributed by atoms with Crippen LogP contribution in [0.2, 0.25) is 0 Å². The van der Waals surface area contributed by atoms with Gasteiger partial charge in [0, 0.05) is 38.7 Å². The first-order valence-electron chi connectivity index (χ1n) is 9.33. The molecule has 6 nitrogen and oxygen atoms in total. The van der Waals surface area contributed by atoms with Crippen molar-refractivity contribution < 1.29 is 14.4 Å². The Morgan fingerprint density at radius 2 is 1.88 bits per heavy atom. The van der Waals surface area contributed by atoms with Crippen molar-refractivity contribution in [2.24, 2.45) is 0 Å². The predicted molar refractivity (Wildman–Crippen MR) is 101 cm³/mol. The number of likely N-dealkylation sites (N-methyl/N-ethyl adjacent to an activating group) is 1. The van der Waals surface area contributed by atoms with Gasteiger partial charge in [-0.05, 0) is 25.5 Å². The zero-order valence-corrected chi connectivity index (χ0v) is 16.0. The lowest BCUT2D eigenvalue weighted by molar-refractivity contribution is -0.150. The molecule has 2 rings (SSSR count). The number of aryl methyl sites for hydroxylation is 1. The van der Waals surface area contributed by atoms with Gasteiger partial charge in [0.1, 0.15) is 6.04 Å². The van der Waals surface area contributed by atoms with Crippen LogP contribution in [0.5, 0.6) is 0 Å². The lowest BCUT2D eigenvalue weighted by Gasteiger charge is -2.39. The molecule has 0 radical (unpaired) electrons. The summed E-state index contributed by atoms with van der Waals surface area (Å²) in [5, 5.41) is 2.78. The Bertz CT molecular complexity index is 642. The van der Waals surface area contributed by atoms with Crippen LogP contribution in [0, 0.1) is 6.92 Å². The second kappa shape index (κ2) is 9.36. The molecule has 1 aliphatic rings. The van der Waals surface area contributed by atoms with Gasteiger partial charge in [-0.2, -0.15) is 0 Å². The third-order valence-electron chi connectivity index (χ3n) is 4.80. The smallest absolute Gasteiger partial charge is 0.251 e. The average Bonchev–Trinajstić information content (AvgIpc) is 2.63. The number of nitrogens with zero attached hydrogens (tertiary/aromatic N) is 2. The summed E-state index contributed by atoms with van der Waals surface area (Å²) in [5.74, 6) is -0.242. The van der Waals surface area contributed by atoms with Gasteiger partial charge in [-0.15, -0.1) is 0 Å². The van der Waals surface area contributed by atoms with Crippen LogP contribution >= 0.6 is 0 Å². The summed E-state index contributed by atoms with van der Waals surface area (Å²) >= 11 is 0. The van der Waals surface area contributed by atoms with Crippen LogP contribution in [0.25, 0.3) is 0 Å². The normalized spacial score (nSPS) is 17.3. The Morgan fingerprint density at radius 3 is 2.54 bits per heavy atom. The van der Waals surface area contributed by atoms with Gasteiger partial charge in [0.05, 0.1) is 0 Å². The lowest BCUT2D eigenvalue weighted by atomic mass is 10.0. The van der Waals surface area contributed by atoms with Crippen LogP contribution in [-0.2, 0) is 9.59 Å². The Labute approximate surface area is 155 Å². The van der Waals surface area contributed by atoms with E-state index in [0.717, 1.165) is 18.4 Å². The van der Waals surface area contributed by atoms with E-state index in [1.54, 1.807) is 29.0 Å². The van der Waals surface area contributed by atoms with Crippen LogP contribution in [0.4, 0.5) is 0 Å². The molecular formula is C20H29N3O3. The number of amides is 3. The predicted octanol–water partition coefficient (Wildman–Crippen LogP) is 1.97. The molecule has 1 saturated heterocycles. The highest BCUT2D eigenvalue weighted by atomic mass is 16.2. The van der Waals surface area contributed by atoms with E-state index in [9.17, 15) is 14.4 Å². The number of unbranched alkanes of at least 4 members (excludes halogenated alkanes) is 1. The van der Waals surface area contributed by atoms with Gasteiger partial charge in [0.2, 0.25) is 11.8 Å². The van der Waals surface area contributed by atoms with E-state index < -0.39 is 0 Å². The van der Waals surface area contributed by atoms with Gasteiger partial charge in [-0.3, -0.25) is 14.4 Å². The topological polar surface area (TPSA) is 69.7 Å². The molecule has 1 N–H and O–H groups in total. The fourth-order valence-corrected chi connectivity index (χ4v) is 3.12. The molecule has 0 aliphatic carbocycles. The van der Waals surface area contributed by atoms with E-state index >= 15 is 0 Å². The van der Waals surface area contributed by atoms with Crippen molar-refractivity contribution in [2.45, 2.75) is 45.6 Å². The van der Waals surface area contributed by atoms with Gasteiger partial charge in [-0.1, -0.05) is 37.5 Å². The minimum absolute atomic E-state index is 0.0155. The number of hydrogen-bond donors (Lipinski definition) is 1. The molecule has 6 heteroatoms.